The van der Waals surface area contributed by atoms with Crippen LogP contribution in [0.2, 0.25) is 0 Å². The first-order valence-corrected chi connectivity index (χ1v) is 7.04. The van der Waals surface area contributed by atoms with Crippen molar-refractivity contribution in [1.82, 2.24) is 5.32 Å². The predicted molar refractivity (Wildman–Crippen MR) is 80.3 cm³/mol. The Bertz CT molecular complexity index is 726. The lowest BCUT2D eigenvalue weighted by atomic mass is 10.1. The van der Waals surface area contributed by atoms with Crippen molar-refractivity contribution in [3.8, 4) is 5.75 Å². The zero-order chi connectivity index (χ0) is 17.9. The van der Waals surface area contributed by atoms with Gasteiger partial charge in [0.25, 0.3) is 5.91 Å². The molecule has 0 heterocycles. The molecule has 1 N–H and O–H groups in total. The average Bonchev–Trinajstić information content (AvgIpc) is 2.54. The fraction of sp³-hybridized carbons (Fsp3) is 0.235. The molecule has 3 nitrogen and oxygen atoms in total. The van der Waals surface area contributed by atoms with Crippen molar-refractivity contribution in [1.29, 1.82) is 0 Å². The topological polar surface area (TPSA) is 38.3 Å². The van der Waals surface area contributed by atoms with Gasteiger partial charge in [-0.3, -0.25) is 4.79 Å². The van der Waals surface area contributed by atoms with Gasteiger partial charge < -0.3 is 10.1 Å². The quantitative estimate of drug-likeness (QED) is 0.840. The third-order valence-electron chi connectivity index (χ3n) is 3.50. The number of rotatable bonds is 4. The molecule has 0 aliphatic heterocycles. The first-order valence-electron chi connectivity index (χ1n) is 7.04. The molecule has 0 unspecified atom stereocenters. The molecule has 0 radical (unpaired) electrons. The second kappa shape index (κ2) is 6.90. The Morgan fingerprint density at radius 3 is 2.25 bits per heavy atom. The summed E-state index contributed by atoms with van der Waals surface area (Å²) in [5.41, 5.74) is -0.235. The highest BCUT2D eigenvalue weighted by Gasteiger charge is 2.30. The van der Waals surface area contributed by atoms with Gasteiger partial charge in [-0.1, -0.05) is 6.07 Å². The van der Waals surface area contributed by atoms with E-state index in [1.165, 1.54) is 19.2 Å². The lowest BCUT2D eigenvalue weighted by Crippen LogP contribution is -2.26. The molecule has 0 aliphatic carbocycles. The summed E-state index contributed by atoms with van der Waals surface area (Å²) in [6, 6.07) is 7.61. The molecule has 0 saturated heterocycles. The summed E-state index contributed by atoms with van der Waals surface area (Å²) >= 11 is 0. The highest BCUT2D eigenvalue weighted by Crippen LogP contribution is 2.29. The van der Waals surface area contributed by atoms with Crippen LogP contribution in [-0.2, 0) is 6.18 Å². The van der Waals surface area contributed by atoms with Crippen LogP contribution in [-0.4, -0.2) is 13.0 Å². The van der Waals surface area contributed by atoms with Crippen LogP contribution in [0.3, 0.4) is 0 Å². The number of hydrogen-bond donors (Lipinski definition) is 1. The molecule has 128 valence electrons. The molecule has 24 heavy (non-hydrogen) atoms. The summed E-state index contributed by atoms with van der Waals surface area (Å²) in [5, 5.41) is 2.61. The minimum absolute atomic E-state index is 0.0833. The van der Waals surface area contributed by atoms with Gasteiger partial charge in [0.1, 0.15) is 0 Å². The largest absolute Gasteiger partial charge is 0.494 e. The highest BCUT2D eigenvalue weighted by atomic mass is 19.4. The average molecular weight is 341 g/mol. The van der Waals surface area contributed by atoms with Gasteiger partial charge in [0.2, 0.25) is 0 Å². The van der Waals surface area contributed by atoms with Gasteiger partial charge in [0.15, 0.2) is 11.6 Å². The van der Waals surface area contributed by atoms with E-state index in [1.54, 1.807) is 13.0 Å². The molecular weight excluding hydrogens is 326 g/mol. The number of benzene rings is 2. The lowest BCUT2D eigenvalue weighted by molar-refractivity contribution is -0.137. The summed E-state index contributed by atoms with van der Waals surface area (Å²) in [5.74, 6) is -1.03. The zero-order valence-corrected chi connectivity index (χ0v) is 12.9. The van der Waals surface area contributed by atoms with E-state index >= 15 is 0 Å². The molecular formula is C17H15F4NO2. The standard InChI is InChI=1S/C17H15F4NO2/c1-10(12-5-8-15(24-2)14(18)9-12)22-16(23)11-3-6-13(7-4-11)17(19,20)21/h3-10H,1-2H3,(H,22,23)/t10-/m1/s1. The van der Waals surface area contributed by atoms with Crippen LogP contribution in [0.15, 0.2) is 42.5 Å². The summed E-state index contributed by atoms with van der Waals surface area (Å²) < 4.78 is 56.0. The van der Waals surface area contributed by atoms with E-state index in [9.17, 15) is 22.4 Å². The first-order chi connectivity index (χ1) is 11.2. The lowest BCUT2D eigenvalue weighted by Gasteiger charge is -2.15. The minimum Gasteiger partial charge on any atom is -0.494 e. The minimum atomic E-state index is -4.46. The maximum atomic E-state index is 13.7. The molecule has 0 aliphatic rings. The monoisotopic (exact) mass is 341 g/mol. The smallest absolute Gasteiger partial charge is 0.416 e. The number of ether oxygens (including phenoxy) is 1. The molecule has 2 aromatic rings. The van der Waals surface area contributed by atoms with E-state index in [1.807, 2.05) is 0 Å². The Kier molecular flexibility index (Phi) is 5.11. The van der Waals surface area contributed by atoms with Gasteiger partial charge in [-0.15, -0.1) is 0 Å². The molecule has 0 fully saturated rings. The maximum absolute atomic E-state index is 13.7. The number of hydrogen-bond acceptors (Lipinski definition) is 2. The third kappa shape index (κ3) is 4.04. The van der Waals surface area contributed by atoms with Crippen LogP contribution >= 0.6 is 0 Å². The molecule has 0 bridgehead atoms. The second-order valence-corrected chi connectivity index (χ2v) is 5.16. The number of alkyl halides is 3. The Hall–Kier alpha value is -2.57. The third-order valence-corrected chi connectivity index (χ3v) is 3.50. The van der Waals surface area contributed by atoms with Crippen LogP contribution in [0.25, 0.3) is 0 Å². The van der Waals surface area contributed by atoms with Crippen molar-refractivity contribution in [3.05, 3.63) is 65.0 Å². The second-order valence-electron chi connectivity index (χ2n) is 5.16. The van der Waals surface area contributed by atoms with Crippen molar-refractivity contribution >= 4 is 5.91 Å². The highest BCUT2D eigenvalue weighted by molar-refractivity contribution is 5.94. The number of amides is 1. The van der Waals surface area contributed by atoms with E-state index in [0.717, 1.165) is 24.3 Å². The van der Waals surface area contributed by atoms with Crippen LogP contribution in [0, 0.1) is 5.82 Å². The summed E-state index contributed by atoms with van der Waals surface area (Å²) in [4.78, 5) is 12.1. The van der Waals surface area contributed by atoms with Crippen molar-refractivity contribution in [3.63, 3.8) is 0 Å². The van der Waals surface area contributed by atoms with Gasteiger partial charge in [0.05, 0.1) is 18.7 Å². The number of carbonyl (C=O) groups excluding carboxylic acids is 1. The van der Waals surface area contributed by atoms with Gasteiger partial charge in [-0.25, -0.2) is 4.39 Å². The molecule has 0 spiro atoms. The number of methoxy groups -OCH3 is 1. The van der Waals surface area contributed by atoms with Gasteiger partial charge in [0, 0.05) is 5.56 Å². The van der Waals surface area contributed by atoms with Crippen molar-refractivity contribution in [2.24, 2.45) is 0 Å². The molecule has 1 amide bonds. The predicted octanol–water partition coefficient (Wildman–Crippen LogP) is 4.34. The Balaban J connectivity index is 2.10. The van der Waals surface area contributed by atoms with Crippen molar-refractivity contribution < 1.29 is 27.1 Å². The first kappa shape index (κ1) is 17.8. The molecule has 7 heteroatoms. The Morgan fingerprint density at radius 1 is 1.12 bits per heavy atom. The van der Waals surface area contributed by atoms with Crippen molar-refractivity contribution in [2.75, 3.05) is 7.11 Å². The van der Waals surface area contributed by atoms with Crippen LogP contribution < -0.4 is 10.1 Å². The van der Waals surface area contributed by atoms with E-state index < -0.39 is 29.5 Å². The summed E-state index contributed by atoms with van der Waals surface area (Å²) in [7, 11) is 1.34. The van der Waals surface area contributed by atoms with Crippen LogP contribution in [0.5, 0.6) is 5.75 Å². The fourth-order valence-electron chi connectivity index (χ4n) is 2.13. The fourth-order valence-corrected chi connectivity index (χ4v) is 2.13. The molecule has 0 aromatic heterocycles. The molecule has 0 saturated carbocycles. The Labute approximate surface area is 136 Å². The van der Waals surface area contributed by atoms with E-state index in [2.05, 4.69) is 5.32 Å². The van der Waals surface area contributed by atoms with E-state index in [4.69, 9.17) is 4.74 Å². The normalized spacial score (nSPS) is 12.6. The summed E-state index contributed by atoms with van der Waals surface area (Å²) in [6.07, 6.45) is -4.46. The number of halogens is 4. The zero-order valence-electron chi connectivity index (χ0n) is 12.9. The van der Waals surface area contributed by atoms with Gasteiger partial charge in [-0.2, -0.15) is 13.2 Å². The number of carbonyl (C=O) groups is 1. The van der Waals surface area contributed by atoms with Crippen LogP contribution in [0.4, 0.5) is 17.6 Å². The summed E-state index contributed by atoms with van der Waals surface area (Å²) in [6.45, 7) is 1.64. The van der Waals surface area contributed by atoms with Gasteiger partial charge >= 0.3 is 6.18 Å². The number of nitrogens with one attached hydrogen (secondary N) is 1. The maximum Gasteiger partial charge on any atom is 0.416 e. The molecule has 2 aromatic carbocycles. The SMILES string of the molecule is COc1ccc([C@@H](C)NC(=O)c2ccc(C(F)(F)F)cc2)cc1F. The molecule has 1 atom stereocenters. The van der Waals surface area contributed by atoms with E-state index in [-0.39, 0.29) is 11.3 Å². The molecule has 2 rings (SSSR count). The van der Waals surface area contributed by atoms with E-state index in [0.29, 0.717) is 5.56 Å². The van der Waals surface area contributed by atoms with Crippen molar-refractivity contribution in [2.45, 2.75) is 19.1 Å². The Morgan fingerprint density at radius 2 is 1.75 bits per heavy atom. The van der Waals surface area contributed by atoms with Crippen LogP contribution in [0.1, 0.15) is 34.5 Å². The van der Waals surface area contributed by atoms with Gasteiger partial charge in [-0.05, 0) is 48.9 Å².